The van der Waals surface area contributed by atoms with Gasteiger partial charge in [-0.05, 0) is 43.9 Å². The van der Waals surface area contributed by atoms with Crippen molar-refractivity contribution in [3.05, 3.63) is 35.4 Å². The fraction of sp³-hybridized carbons (Fsp3) is 0.636. The van der Waals surface area contributed by atoms with E-state index in [1.807, 2.05) is 38.1 Å². The molecule has 0 atom stereocenters. The topological polar surface area (TPSA) is 85.8 Å². The lowest BCUT2D eigenvalue weighted by atomic mass is 9.93. The summed E-state index contributed by atoms with van der Waals surface area (Å²) in [6.45, 7) is 10.6. The lowest BCUT2D eigenvalue weighted by molar-refractivity contribution is 0.0257. The zero-order valence-electron chi connectivity index (χ0n) is 18.0. The lowest BCUT2D eigenvalue weighted by Gasteiger charge is -2.28. The molecular formula is C22H38N4O2. The number of aliphatic hydroxyl groups is 1. The van der Waals surface area contributed by atoms with Gasteiger partial charge in [0.1, 0.15) is 0 Å². The van der Waals surface area contributed by atoms with E-state index in [0.29, 0.717) is 31.2 Å². The summed E-state index contributed by atoms with van der Waals surface area (Å²) in [5.41, 5.74) is 0.912. The molecule has 0 unspecified atom stereocenters. The van der Waals surface area contributed by atoms with E-state index in [1.165, 1.54) is 0 Å². The van der Waals surface area contributed by atoms with Crippen molar-refractivity contribution in [1.82, 2.24) is 16.0 Å². The summed E-state index contributed by atoms with van der Waals surface area (Å²) in [6, 6.07) is 7.54. The van der Waals surface area contributed by atoms with E-state index >= 15 is 0 Å². The van der Waals surface area contributed by atoms with Gasteiger partial charge >= 0.3 is 0 Å². The predicted octanol–water partition coefficient (Wildman–Crippen LogP) is 3.21. The maximum absolute atomic E-state index is 12.1. The van der Waals surface area contributed by atoms with E-state index in [1.54, 1.807) is 0 Å². The van der Waals surface area contributed by atoms with Gasteiger partial charge in [-0.25, -0.2) is 4.99 Å². The number of hydrogen-bond acceptors (Lipinski definition) is 3. The minimum Gasteiger partial charge on any atom is -0.388 e. The number of benzene rings is 1. The van der Waals surface area contributed by atoms with Crippen molar-refractivity contribution in [3.63, 3.8) is 0 Å². The zero-order valence-corrected chi connectivity index (χ0v) is 18.0. The van der Waals surface area contributed by atoms with E-state index in [9.17, 15) is 9.90 Å². The van der Waals surface area contributed by atoms with Crippen LogP contribution in [0.4, 0.5) is 0 Å². The number of carbonyl (C=O) groups is 1. The molecule has 6 heteroatoms. The molecule has 0 spiro atoms. The van der Waals surface area contributed by atoms with E-state index in [4.69, 9.17) is 0 Å². The van der Waals surface area contributed by atoms with Crippen LogP contribution in [-0.2, 0) is 6.54 Å². The zero-order chi connectivity index (χ0) is 20.8. The molecule has 158 valence electrons. The Morgan fingerprint density at radius 2 is 1.75 bits per heavy atom. The monoisotopic (exact) mass is 390 g/mol. The Morgan fingerprint density at radius 1 is 1.04 bits per heavy atom. The normalized spacial score (nSPS) is 12.0. The van der Waals surface area contributed by atoms with Crippen molar-refractivity contribution in [2.24, 2.45) is 4.99 Å². The molecule has 1 amide bonds. The van der Waals surface area contributed by atoms with Crippen LogP contribution in [0.1, 0.15) is 75.7 Å². The molecule has 0 bridgehead atoms. The largest absolute Gasteiger partial charge is 0.388 e. The highest BCUT2D eigenvalue weighted by Gasteiger charge is 2.24. The molecule has 0 fully saturated rings. The molecule has 0 aromatic heterocycles. The van der Waals surface area contributed by atoms with Gasteiger partial charge < -0.3 is 21.1 Å². The number of hydrogen-bond donors (Lipinski definition) is 4. The molecule has 1 aromatic rings. The van der Waals surface area contributed by atoms with Gasteiger partial charge in [0.25, 0.3) is 5.91 Å². The summed E-state index contributed by atoms with van der Waals surface area (Å²) >= 11 is 0. The molecule has 6 nitrogen and oxygen atoms in total. The van der Waals surface area contributed by atoms with Crippen LogP contribution < -0.4 is 16.0 Å². The summed E-state index contributed by atoms with van der Waals surface area (Å²) in [5, 5.41) is 20.2. The van der Waals surface area contributed by atoms with Crippen molar-refractivity contribution in [1.29, 1.82) is 0 Å². The number of amides is 1. The van der Waals surface area contributed by atoms with E-state index < -0.39 is 5.60 Å². The Balaban J connectivity index is 2.77. The smallest absolute Gasteiger partial charge is 0.251 e. The second-order valence-corrected chi connectivity index (χ2v) is 7.23. The quantitative estimate of drug-likeness (QED) is 0.326. The maximum atomic E-state index is 12.1. The first-order valence-corrected chi connectivity index (χ1v) is 10.6. The number of guanidine groups is 1. The van der Waals surface area contributed by atoms with Crippen LogP contribution in [0.15, 0.2) is 29.3 Å². The van der Waals surface area contributed by atoms with Gasteiger partial charge in [-0.3, -0.25) is 4.79 Å². The number of nitrogens with one attached hydrogen (secondary N) is 3. The first kappa shape index (κ1) is 24.0. The number of aliphatic imine (C=N–C) groups is 1. The van der Waals surface area contributed by atoms with Crippen molar-refractivity contribution in [2.45, 2.75) is 71.9 Å². The average molecular weight is 391 g/mol. The number of nitrogens with zero attached hydrogens (tertiary/aromatic N) is 1. The Bertz CT molecular complexity index is 610. The summed E-state index contributed by atoms with van der Waals surface area (Å²) in [4.78, 5) is 16.8. The number of rotatable bonds is 12. The van der Waals surface area contributed by atoms with Crippen LogP contribution in [0.3, 0.4) is 0 Å². The highest BCUT2D eigenvalue weighted by atomic mass is 16.3. The van der Waals surface area contributed by atoms with E-state index in [2.05, 4.69) is 34.8 Å². The minimum atomic E-state index is -0.711. The Labute approximate surface area is 170 Å². The van der Waals surface area contributed by atoms with Crippen molar-refractivity contribution in [3.8, 4) is 0 Å². The van der Waals surface area contributed by atoms with Gasteiger partial charge in [-0.1, -0.05) is 45.7 Å². The van der Waals surface area contributed by atoms with Gasteiger partial charge in [0.05, 0.1) is 12.1 Å². The van der Waals surface area contributed by atoms with Gasteiger partial charge in [0.2, 0.25) is 0 Å². The summed E-state index contributed by atoms with van der Waals surface area (Å²) in [6.07, 6.45) is 4.33. The van der Waals surface area contributed by atoms with Gasteiger partial charge in [0.15, 0.2) is 5.96 Å². The Kier molecular flexibility index (Phi) is 11.3. The maximum Gasteiger partial charge on any atom is 0.251 e. The second kappa shape index (κ2) is 13.2. The third kappa shape index (κ3) is 8.74. The van der Waals surface area contributed by atoms with E-state index in [0.717, 1.165) is 44.2 Å². The van der Waals surface area contributed by atoms with Crippen molar-refractivity contribution < 1.29 is 9.90 Å². The Hall–Kier alpha value is -2.08. The fourth-order valence-corrected chi connectivity index (χ4v) is 3.14. The predicted molar refractivity (Wildman–Crippen MR) is 117 cm³/mol. The van der Waals surface area contributed by atoms with Crippen LogP contribution in [0.25, 0.3) is 0 Å². The van der Waals surface area contributed by atoms with Crippen LogP contribution in [0.2, 0.25) is 0 Å². The van der Waals surface area contributed by atoms with Gasteiger partial charge in [0, 0.05) is 25.2 Å². The lowest BCUT2D eigenvalue weighted by Crippen LogP contribution is -2.47. The van der Waals surface area contributed by atoms with E-state index in [-0.39, 0.29) is 5.91 Å². The van der Waals surface area contributed by atoms with Crippen LogP contribution in [0, 0.1) is 0 Å². The molecule has 0 aliphatic heterocycles. The van der Waals surface area contributed by atoms with Crippen LogP contribution in [0.5, 0.6) is 0 Å². The second-order valence-electron chi connectivity index (χ2n) is 7.23. The SMILES string of the molecule is CCCNC(=O)c1cccc(CN=C(NCC)NCC(O)(CCC)CCC)c1. The molecule has 0 saturated heterocycles. The Morgan fingerprint density at radius 3 is 2.36 bits per heavy atom. The molecule has 1 rings (SSSR count). The first-order valence-electron chi connectivity index (χ1n) is 10.6. The van der Waals surface area contributed by atoms with Gasteiger partial charge in [-0.15, -0.1) is 0 Å². The first-order chi connectivity index (χ1) is 13.5. The van der Waals surface area contributed by atoms with Crippen LogP contribution >= 0.6 is 0 Å². The third-order valence-electron chi connectivity index (χ3n) is 4.50. The summed E-state index contributed by atoms with van der Waals surface area (Å²) in [5.74, 6) is 0.621. The van der Waals surface area contributed by atoms with Gasteiger partial charge in [-0.2, -0.15) is 0 Å². The standard InChI is InChI=1S/C22H38N4O2/c1-5-12-22(28,13-6-2)17-26-21(23-8-4)25-16-18-10-9-11-19(15-18)20(27)24-14-7-3/h9-11,15,28H,5-8,12-14,16-17H2,1-4H3,(H,24,27)(H2,23,25,26). The third-order valence-corrected chi connectivity index (χ3v) is 4.50. The molecule has 1 aromatic carbocycles. The molecule has 4 N–H and O–H groups in total. The molecule has 0 aliphatic carbocycles. The molecular weight excluding hydrogens is 352 g/mol. The molecule has 0 heterocycles. The van der Waals surface area contributed by atoms with Crippen molar-refractivity contribution in [2.75, 3.05) is 19.6 Å². The van der Waals surface area contributed by atoms with Crippen molar-refractivity contribution >= 4 is 11.9 Å². The highest BCUT2D eigenvalue weighted by molar-refractivity contribution is 5.94. The average Bonchev–Trinajstić information content (AvgIpc) is 2.69. The summed E-state index contributed by atoms with van der Waals surface area (Å²) in [7, 11) is 0. The molecule has 0 radical (unpaired) electrons. The van der Waals surface area contributed by atoms with Crippen LogP contribution in [-0.4, -0.2) is 42.2 Å². The number of carbonyl (C=O) groups excluding carboxylic acids is 1. The summed E-state index contributed by atoms with van der Waals surface area (Å²) < 4.78 is 0. The molecule has 0 aliphatic rings. The fourth-order valence-electron chi connectivity index (χ4n) is 3.14. The molecule has 0 saturated carbocycles. The molecule has 28 heavy (non-hydrogen) atoms. The highest BCUT2D eigenvalue weighted by Crippen LogP contribution is 2.18. The minimum absolute atomic E-state index is 0.0538.